The van der Waals surface area contributed by atoms with Gasteiger partial charge in [-0.3, -0.25) is 4.72 Å². The lowest BCUT2D eigenvalue weighted by molar-refractivity contribution is 0.0600. The summed E-state index contributed by atoms with van der Waals surface area (Å²) in [5.41, 5.74) is 3.49. The van der Waals surface area contributed by atoms with Crippen molar-refractivity contribution in [3.8, 4) is 0 Å². The van der Waals surface area contributed by atoms with Gasteiger partial charge in [-0.05, 0) is 43.2 Å². The van der Waals surface area contributed by atoms with Crippen molar-refractivity contribution in [2.75, 3.05) is 11.8 Å². The third kappa shape index (κ3) is 4.56. The quantitative estimate of drug-likeness (QED) is 0.854. The molecule has 0 aliphatic heterocycles. The Bertz CT molecular complexity index is 811. The van der Waals surface area contributed by atoms with Gasteiger partial charge in [0.05, 0.1) is 24.1 Å². The summed E-state index contributed by atoms with van der Waals surface area (Å²) < 4.78 is 31.8. The van der Waals surface area contributed by atoms with Gasteiger partial charge >= 0.3 is 5.97 Å². The lowest BCUT2D eigenvalue weighted by Crippen LogP contribution is -2.16. The standard InChI is InChI=1S/C17H19NO4S/c1-12-4-9-16(13(2)10-12)18-23(20,21)11-14-5-7-15(8-6-14)17(19)22-3/h4-10,18H,11H2,1-3H3. The van der Waals surface area contributed by atoms with Crippen LogP contribution in [-0.4, -0.2) is 21.5 Å². The van der Waals surface area contributed by atoms with Crippen molar-refractivity contribution in [2.24, 2.45) is 0 Å². The molecule has 5 nitrogen and oxygen atoms in total. The van der Waals surface area contributed by atoms with E-state index in [1.807, 2.05) is 26.0 Å². The van der Waals surface area contributed by atoms with Gasteiger partial charge in [0.1, 0.15) is 0 Å². The Hall–Kier alpha value is -2.34. The molecule has 0 atom stereocenters. The van der Waals surface area contributed by atoms with Gasteiger partial charge in [-0.15, -0.1) is 0 Å². The van der Waals surface area contributed by atoms with E-state index in [0.717, 1.165) is 11.1 Å². The Kier molecular flexibility index (Phi) is 5.05. The van der Waals surface area contributed by atoms with Gasteiger partial charge < -0.3 is 4.74 Å². The molecule has 0 amide bonds. The van der Waals surface area contributed by atoms with E-state index in [1.165, 1.54) is 7.11 Å². The maximum atomic E-state index is 12.3. The predicted octanol–water partition coefficient (Wildman–Crippen LogP) is 3.03. The average molecular weight is 333 g/mol. The number of esters is 1. The van der Waals surface area contributed by atoms with Gasteiger partial charge in [-0.2, -0.15) is 0 Å². The molecule has 0 aliphatic rings. The fourth-order valence-electron chi connectivity index (χ4n) is 2.21. The smallest absolute Gasteiger partial charge is 0.337 e. The van der Waals surface area contributed by atoms with Crippen molar-refractivity contribution < 1.29 is 17.9 Å². The highest BCUT2D eigenvalue weighted by Gasteiger charge is 2.14. The van der Waals surface area contributed by atoms with Gasteiger partial charge in [0.15, 0.2) is 0 Å². The van der Waals surface area contributed by atoms with Crippen molar-refractivity contribution in [3.05, 3.63) is 64.7 Å². The van der Waals surface area contributed by atoms with Gasteiger partial charge in [0.25, 0.3) is 0 Å². The number of carbonyl (C=O) groups is 1. The summed E-state index contributed by atoms with van der Waals surface area (Å²) in [6, 6.07) is 11.8. The van der Waals surface area contributed by atoms with E-state index in [1.54, 1.807) is 30.3 Å². The molecule has 2 rings (SSSR count). The Labute approximate surface area is 136 Å². The molecule has 0 heterocycles. The zero-order valence-corrected chi connectivity index (χ0v) is 14.1. The molecule has 0 bridgehead atoms. The van der Waals surface area contributed by atoms with Crippen molar-refractivity contribution in [3.63, 3.8) is 0 Å². The highest BCUT2D eigenvalue weighted by atomic mass is 32.2. The van der Waals surface area contributed by atoms with E-state index in [0.29, 0.717) is 16.8 Å². The predicted molar refractivity (Wildman–Crippen MR) is 89.9 cm³/mol. The number of nitrogens with one attached hydrogen (secondary N) is 1. The first kappa shape index (κ1) is 17.0. The second-order valence-electron chi connectivity index (χ2n) is 5.37. The molecule has 1 N–H and O–H groups in total. The first-order valence-corrected chi connectivity index (χ1v) is 8.71. The fraction of sp³-hybridized carbons (Fsp3) is 0.235. The molecule has 0 saturated heterocycles. The summed E-state index contributed by atoms with van der Waals surface area (Å²) in [4.78, 5) is 11.4. The normalized spacial score (nSPS) is 11.1. The summed E-state index contributed by atoms with van der Waals surface area (Å²) >= 11 is 0. The van der Waals surface area contributed by atoms with E-state index >= 15 is 0 Å². The molecule has 122 valence electrons. The maximum absolute atomic E-state index is 12.3. The number of ether oxygens (including phenoxy) is 1. The third-order valence-electron chi connectivity index (χ3n) is 3.38. The van der Waals surface area contributed by atoms with Crippen LogP contribution in [0.15, 0.2) is 42.5 Å². The number of hydrogen-bond donors (Lipinski definition) is 1. The third-order valence-corrected chi connectivity index (χ3v) is 4.62. The summed E-state index contributed by atoms with van der Waals surface area (Å²) in [5.74, 6) is -0.616. The van der Waals surface area contributed by atoms with Crippen LogP contribution in [0, 0.1) is 13.8 Å². The molecule has 2 aromatic carbocycles. The molecule has 2 aromatic rings. The van der Waals surface area contributed by atoms with E-state index in [-0.39, 0.29) is 5.75 Å². The molecule has 0 aromatic heterocycles. The van der Waals surface area contributed by atoms with E-state index in [9.17, 15) is 13.2 Å². The highest BCUT2D eigenvalue weighted by molar-refractivity contribution is 7.91. The van der Waals surface area contributed by atoms with Crippen LogP contribution < -0.4 is 4.72 Å². The minimum atomic E-state index is -3.53. The first-order valence-electron chi connectivity index (χ1n) is 7.06. The van der Waals surface area contributed by atoms with Crippen LogP contribution in [0.5, 0.6) is 0 Å². The minimum Gasteiger partial charge on any atom is -0.465 e. The van der Waals surface area contributed by atoms with E-state index < -0.39 is 16.0 Å². The number of hydrogen-bond acceptors (Lipinski definition) is 4. The first-order chi connectivity index (χ1) is 10.8. The largest absolute Gasteiger partial charge is 0.465 e. The van der Waals surface area contributed by atoms with Crippen LogP contribution in [-0.2, 0) is 20.5 Å². The number of benzene rings is 2. The molecule has 23 heavy (non-hydrogen) atoms. The zero-order valence-electron chi connectivity index (χ0n) is 13.3. The molecule has 6 heteroatoms. The van der Waals surface area contributed by atoms with Crippen molar-refractivity contribution in [1.82, 2.24) is 0 Å². The number of rotatable bonds is 5. The Balaban J connectivity index is 2.13. The molecule has 0 fully saturated rings. The number of carbonyl (C=O) groups excluding carboxylic acids is 1. The van der Waals surface area contributed by atoms with E-state index in [2.05, 4.69) is 9.46 Å². The molecule has 0 aliphatic carbocycles. The maximum Gasteiger partial charge on any atom is 0.337 e. The van der Waals surface area contributed by atoms with Crippen LogP contribution >= 0.6 is 0 Å². The second kappa shape index (κ2) is 6.83. The highest BCUT2D eigenvalue weighted by Crippen LogP contribution is 2.19. The van der Waals surface area contributed by atoms with Crippen molar-refractivity contribution in [1.29, 1.82) is 0 Å². The summed E-state index contributed by atoms with van der Waals surface area (Å²) in [6.07, 6.45) is 0. The SMILES string of the molecule is COC(=O)c1ccc(CS(=O)(=O)Nc2ccc(C)cc2C)cc1. The van der Waals surface area contributed by atoms with Crippen molar-refractivity contribution in [2.45, 2.75) is 19.6 Å². The Morgan fingerprint density at radius 1 is 1.09 bits per heavy atom. The van der Waals surface area contributed by atoms with Crippen LogP contribution in [0.2, 0.25) is 0 Å². The Morgan fingerprint density at radius 2 is 1.74 bits per heavy atom. The number of methoxy groups -OCH3 is 1. The summed E-state index contributed by atoms with van der Waals surface area (Å²) in [5, 5.41) is 0. The average Bonchev–Trinajstić information content (AvgIpc) is 2.49. The molecular weight excluding hydrogens is 314 g/mol. The molecular formula is C17H19NO4S. The summed E-state index contributed by atoms with van der Waals surface area (Å²) in [7, 11) is -2.23. The van der Waals surface area contributed by atoms with Crippen LogP contribution in [0.1, 0.15) is 27.0 Å². The number of anilines is 1. The second-order valence-corrected chi connectivity index (χ2v) is 7.09. The van der Waals surface area contributed by atoms with Gasteiger partial charge in [-0.25, -0.2) is 13.2 Å². The van der Waals surface area contributed by atoms with Crippen LogP contribution in [0.25, 0.3) is 0 Å². The topological polar surface area (TPSA) is 72.5 Å². The van der Waals surface area contributed by atoms with E-state index in [4.69, 9.17) is 0 Å². The van der Waals surface area contributed by atoms with Crippen LogP contribution in [0.4, 0.5) is 5.69 Å². The molecule has 0 spiro atoms. The molecule has 0 saturated carbocycles. The van der Waals surface area contributed by atoms with Gasteiger partial charge in [-0.1, -0.05) is 29.8 Å². The van der Waals surface area contributed by atoms with Crippen molar-refractivity contribution >= 4 is 21.7 Å². The minimum absolute atomic E-state index is 0.165. The lowest BCUT2D eigenvalue weighted by atomic mass is 10.1. The monoisotopic (exact) mass is 333 g/mol. The summed E-state index contributed by atoms with van der Waals surface area (Å²) in [6.45, 7) is 3.81. The lowest BCUT2D eigenvalue weighted by Gasteiger charge is -2.11. The zero-order chi connectivity index (χ0) is 17.0. The fourth-order valence-corrected chi connectivity index (χ4v) is 3.47. The number of sulfonamides is 1. The molecule has 0 unspecified atom stereocenters. The van der Waals surface area contributed by atoms with Crippen LogP contribution in [0.3, 0.4) is 0 Å². The van der Waals surface area contributed by atoms with Gasteiger partial charge in [0.2, 0.25) is 10.0 Å². The number of aryl methyl sites for hydroxylation is 2. The van der Waals surface area contributed by atoms with Gasteiger partial charge in [0, 0.05) is 0 Å². The molecule has 0 radical (unpaired) electrons. The Morgan fingerprint density at radius 3 is 2.30 bits per heavy atom.